The van der Waals surface area contributed by atoms with Crippen LogP contribution in [0.5, 0.6) is 0 Å². The van der Waals surface area contributed by atoms with E-state index >= 15 is 0 Å². The molecule has 0 unspecified atom stereocenters. The Morgan fingerprint density at radius 3 is 2.67 bits per heavy atom. The van der Waals surface area contributed by atoms with Crippen LogP contribution in [0, 0.1) is 13.8 Å². The number of aliphatic imine (C=N–C) groups is 1. The number of carbonyl (C=O) groups excluding carboxylic acids is 1. The number of aromatic nitrogens is 3. The molecule has 0 saturated carbocycles. The standard InChI is InChI=1S/C10H12N4O/c1-6-4-5-9(15)10(11-6)14-8(3)12-7(2)13-14/h4H,5H2,1-3H3. The van der Waals surface area contributed by atoms with Gasteiger partial charge in [0.2, 0.25) is 5.78 Å². The van der Waals surface area contributed by atoms with Gasteiger partial charge in [-0.15, -0.1) is 5.10 Å². The Morgan fingerprint density at radius 2 is 2.07 bits per heavy atom. The first-order valence-electron chi connectivity index (χ1n) is 4.77. The molecule has 5 heteroatoms. The minimum atomic E-state index is -0.0198. The molecule has 2 heterocycles. The van der Waals surface area contributed by atoms with Crippen LogP contribution in [0.25, 0.3) is 0 Å². The summed E-state index contributed by atoms with van der Waals surface area (Å²) in [6, 6.07) is 0. The summed E-state index contributed by atoms with van der Waals surface area (Å²) in [5, 5.41) is 4.15. The number of Topliss-reactive ketones (excluding diaryl/α,β-unsaturated/α-hetero) is 1. The molecule has 0 fully saturated rings. The van der Waals surface area contributed by atoms with E-state index in [1.54, 1.807) is 6.92 Å². The minimum absolute atomic E-state index is 0.0198. The number of aryl methyl sites for hydroxylation is 2. The van der Waals surface area contributed by atoms with E-state index in [1.165, 1.54) is 4.68 Å². The molecule has 0 spiro atoms. The average molecular weight is 204 g/mol. The smallest absolute Gasteiger partial charge is 0.203 e. The van der Waals surface area contributed by atoms with Crippen LogP contribution in [0.4, 0.5) is 0 Å². The van der Waals surface area contributed by atoms with Gasteiger partial charge in [-0.1, -0.05) is 6.08 Å². The normalized spacial score (nSPS) is 16.3. The van der Waals surface area contributed by atoms with E-state index in [0.717, 1.165) is 5.70 Å². The maximum absolute atomic E-state index is 11.6. The quantitative estimate of drug-likeness (QED) is 0.633. The summed E-state index contributed by atoms with van der Waals surface area (Å²) in [5.41, 5.74) is 0.845. The first-order chi connectivity index (χ1) is 7.08. The lowest BCUT2D eigenvalue weighted by molar-refractivity contribution is -0.112. The predicted octanol–water partition coefficient (Wildman–Crippen LogP) is 1.02. The summed E-state index contributed by atoms with van der Waals surface area (Å²) in [5.74, 6) is 1.69. The van der Waals surface area contributed by atoms with E-state index in [1.807, 2.05) is 19.9 Å². The van der Waals surface area contributed by atoms with Gasteiger partial charge < -0.3 is 0 Å². The summed E-state index contributed by atoms with van der Waals surface area (Å²) in [6.45, 7) is 5.47. The van der Waals surface area contributed by atoms with Gasteiger partial charge in [0.15, 0.2) is 5.84 Å². The second kappa shape index (κ2) is 3.42. The predicted molar refractivity (Wildman–Crippen MR) is 55.7 cm³/mol. The fourth-order valence-corrected chi connectivity index (χ4v) is 1.49. The van der Waals surface area contributed by atoms with Crippen LogP contribution in [-0.4, -0.2) is 26.4 Å². The van der Waals surface area contributed by atoms with Crippen molar-refractivity contribution in [3.63, 3.8) is 0 Å². The average Bonchev–Trinajstić information content (AvgIpc) is 2.50. The second-order valence-corrected chi connectivity index (χ2v) is 3.53. The summed E-state index contributed by atoms with van der Waals surface area (Å²) in [7, 11) is 0. The van der Waals surface area contributed by atoms with Gasteiger partial charge in [0.25, 0.3) is 0 Å². The van der Waals surface area contributed by atoms with Crippen molar-refractivity contribution in [2.45, 2.75) is 27.2 Å². The molecule has 1 aliphatic heterocycles. The van der Waals surface area contributed by atoms with E-state index in [2.05, 4.69) is 15.1 Å². The monoisotopic (exact) mass is 204 g/mol. The summed E-state index contributed by atoms with van der Waals surface area (Å²) in [6.07, 6.45) is 2.20. The molecule has 0 N–H and O–H groups in total. The molecular formula is C10H12N4O. The third-order valence-electron chi connectivity index (χ3n) is 2.19. The van der Waals surface area contributed by atoms with Gasteiger partial charge in [0.1, 0.15) is 11.6 Å². The molecular weight excluding hydrogens is 192 g/mol. The number of carbonyl (C=O) groups is 1. The molecule has 0 radical (unpaired) electrons. The first kappa shape index (κ1) is 9.76. The van der Waals surface area contributed by atoms with Crippen LogP contribution in [0.3, 0.4) is 0 Å². The van der Waals surface area contributed by atoms with Crippen molar-refractivity contribution in [2.75, 3.05) is 0 Å². The molecule has 2 rings (SSSR count). The maximum atomic E-state index is 11.6. The van der Waals surface area contributed by atoms with Gasteiger partial charge in [-0.25, -0.2) is 9.98 Å². The minimum Gasteiger partial charge on any atom is -0.290 e. The van der Waals surface area contributed by atoms with Gasteiger partial charge in [-0.2, -0.15) is 4.68 Å². The highest BCUT2D eigenvalue weighted by Crippen LogP contribution is 2.09. The number of nitrogens with zero attached hydrogens (tertiary/aromatic N) is 4. The Balaban J connectivity index is 2.50. The molecule has 1 aliphatic rings. The van der Waals surface area contributed by atoms with Crippen molar-refractivity contribution in [3.05, 3.63) is 23.4 Å². The Hall–Kier alpha value is -1.78. The largest absolute Gasteiger partial charge is 0.290 e. The van der Waals surface area contributed by atoms with Crippen LogP contribution in [-0.2, 0) is 4.79 Å². The molecule has 0 saturated heterocycles. The van der Waals surface area contributed by atoms with Gasteiger partial charge in [-0.3, -0.25) is 4.79 Å². The lowest BCUT2D eigenvalue weighted by atomic mass is 10.2. The number of allylic oxidation sites excluding steroid dienone is 2. The molecule has 0 aliphatic carbocycles. The molecule has 15 heavy (non-hydrogen) atoms. The van der Waals surface area contributed by atoms with E-state index in [0.29, 0.717) is 23.9 Å². The fraction of sp³-hybridized carbons (Fsp3) is 0.400. The van der Waals surface area contributed by atoms with Crippen molar-refractivity contribution in [1.82, 2.24) is 14.8 Å². The van der Waals surface area contributed by atoms with Gasteiger partial charge in [0, 0.05) is 12.1 Å². The van der Waals surface area contributed by atoms with Crippen LogP contribution < -0.4 is 0 Å². The van der Waals surface area contributed by atoms with E-state index < -0.39 is 0 Å². The lowest BCUT2D eigenvalue weighted by Crippen LogP contribution is -2.26. The Labute approximate surface area is 87.5 Å². The van der Waals surface area contributed by atoms with Gasteiger partial charge in [0.05, 0.1) is 0 Å². The van der Waals surface area contributed by atoms with Crippen molar-refractivity contribution >= 4 is 11.6 Å². The van der Waals surface area contributed by atoms with E-state index in [9.17, 15) is 4.79 Å². The van der Waals surface area contributed by atoms with Crippen LogP contribution in [0.2, 0.25) is 0 Å². The highest BCUT2D eigenvalue weighted by atomic mass is 16.1. The van der Waals surface area contributed by atoms with Crippen molar-refractivity contribution in [1.29, 1.82) is 0 Å². The summed E-state index contributed by atoms with van der Waals surface area (Å²) >= 11 is 0. The maximum Gasteiger partial charge on any atom is 0.203 e. The molecule has 0 amide bonds. The molecule has 1 aromatic rings. The molecule has 0 bridgehead atoms. The molecule has 0 atom stereocenters. The lowest BCUT2D eigenvalue weighted by Gasteiger charge is -2.09. The Morgan fingerprint density at radius 1 is 1.33 bits per heavy atom. The van der Waals surface area contributed by atoms with Crippen LogP contribution in [0.1, 0.15) is 25.0 Å². The second-order valence-electron chi connectivity index (χ2n) is 3.53. The third kappa shape index (κ3) is 1.72. The number of hydrogen-bond acceptors (Lipinski definition) is 4. The Kier molecular flexibility index (Phi) is 2.22. The van der Waals surface area contributed by atoms with E-state index in [-0.39, 0.29) is 5.78 Å². The van der Waals surface area contributed by atoms with Crippen LogP contribution >= 0.6 is 0 Å². The Bertz CT molecular complexity index is 482. The molecule has 0 aromatic carbocycles. The molecule has 1 aromatic heterocycles. The van der Waals surface area contributed by atoms with E-state index in [4.69, 9.17) is 0 Å². The third-order valence-corrected chi connectivity index (χ3v) is 2.19. The number of ketones is 1. The molecule has 5 nitrogen and oxygen atoms in total. The van der Waals surface area contributed by atoms with Crippen molar-refractivity contribution in [2.24, 2.45) is 4.99 Å². The molecule has 78 valence electrons. The van der Waals surface area contributed by atoms with Crippen molar-refractivity contribution < 1.29 is 4.79 Å². The zero-order chi connectivity index (χ0) is 11.0. The fourth-order valence-electron chi connectivity index (χ4n) is 1.49. The first-order valence-corrected chi connectivity index (χ1v) is 4.77. The summed E-state index contributed by atoms with van der Waals surface area (Å²) < 4.78 is 1.51. The summed E-state index contributed by atoms with van der Waals surface area (Å²) in [4.78, 5) is 20.0. The topological polar surface area (TPSA) is 60.1 Å². The van der Waals surface area contributed by atoms with Gasteiger partial charge in [-0.05, 0) is 20.8 Å². The highest BCUT2D eigenvalue weighted by Gasteiger charge is 2.19. The van der Waals surface area contributed by atoms with Crippen LogP contribution in [0.15, 0.2) is 16.8 Å². The SMILES string of the molecule is CC1=CCC(=O)C(n2nc(C)nc2C)=N1. The van der Waals surface area contributed by atoms with Gasteiger partial charge >= 0.3 is 0 Å². The van der Waals surface area contributed by atoms with Crippen molar-refractivity contribution in [3.8, 4) is 0 Å². The number of rotatable bonds is 0. The highest BCUT2D eigenvalue weighted by molar-refractivity contribution is 6.40. The zero-order valence-electron chi connectivity index (χ0n) is 8.98. The zero-order valence-corrected chi connectivity index (χ0v) is 8.98. The number of hydrogen-bond donors (Lipinski definition) is 0.